The van der Waals surface area contributed by atoms with Gasteiger partial charge in [-0.3, -0.25) is 19.5 Å². The van der Waals surface area contributed by atoms with E-state index in [2.05, 4.69) is 4.98 Å². The van der Waals surface area contributed by atoms with Crippen molar-refractivity contribution in [1.82, 2.24) is 14.8 Å². The highest BCUT2D eigenvalue weighted by atomic mass is 16.3. The third kappa shape index (κ3) is 5.58. The van der Waals surface area contributed by atoms with Crippen LogP contribution in [-0.2, 0) is 16.1 Å². The number of likely N-dealkylation sites (N-methyl/N-ethyl adjacent to an activating group) is 1. The molecule has 1 aromatic heterocycles. The second kappa shape index (κ2) is 8.21. The van der Waals surface area contributed by atoms with Crippen LogP contribution in [0.4, 0.5) is 0 Å². The quantitative estimate of drug-likeness (QED) is 0.738. The van der Waals surface area contributed by atoms with E-state index >= 15 is 0 Å². The number of pyridine rings is 1. The zero-order valence-electron chi connectivity index (χ0n) is 14.1. The van der Waals surface area contributed by atoms with E-state index in [0.717, 1.165) is 12.0 Å². The minimum absolute atomic E-state index is 0.0152. The molecular formula is C17H26N4O3. The molecule has 0 aromatic carbocycles. The molecule has 1 saturated heterocycles. The van der Waals surface area contributed by atoms with Crippen LogP contribution in [0.1, 0.15) is 31.2 Å². The number of nitrogens with zero attached hydrogens (tertiary/aromatic N) is 3. The minimum Gasteiger partial charge on any atom is -0.388 e. The number of nitrogens with two attached hydrogens (primary N) is 1. The molecule has 0 bridgehead atoms. The number of piperidine rings is 1. The first-order chi connectivity index (χ1) is 11.4. The van der Waals surface area contributed by atoms with Crippen molar-refractivity contribution in [2.75, 3.05) is 26.7 Å². The molecule has 3 N–H and O–H groups in total. The maximum atomic E-state index is 12.5. The van der Waals surface area contributed by atoms with Crippen molar-refractivity contribution in [3.63, 3.8) is 0 Å². The highest BCUT2D eigenvalue weighted by molar-refractivity contribution is 5.78. The van der Waals surface area contributed by atoms with Gasteiger partial charge < -0.3 is 15.7 Å². The van der Waals surface area contributed by atoms with E-state index in [1.54, 1.807) is 17.3 Å². The van der Waals surface area contributed by atoms with E-state index in [1.807, 2.05) is 24.1 Å². The Bertz CT molecular complexity index is 566. The molecule has 0 unspecified atom stereocenters. The number of likely N-dealkylation sites (tertiary alicyclic amines) is 1. The van der Waals surface area contributed by atoms with E-state index in [0.29, 0.717) is 25.9 Å². The number of amides is 2. The predicted molar refractivity (Wildman–Crippen MR) is 89.8 cm³/mol. The molecule has 1 aliphatic heterocycles. The standard InChI is InChI=1S/C17H26N4O3/c1-20(11-14-4-2-8-19-10-14)12-16(23)21-9-3-6-17(24,13-21)7-5-15(18)22/h2,4,8,10,24H,3,5-7,9,11-13H2,1H3,(H2,18,22)/t17-/m0/s1. The lowest BCUT2D eigenvalue weighted by atomic mass is 9.88. The lowest BCUT2D eigenvalue weighted by Gasteiger charge is -2.39. The summed E-state index contributed by atoms with van der Waals surface area (Å²) < 4.78 is 0. The Morgan fingerprint density at radius 1 is 1.50 bits per heavy atom. The van der Waals surface area contributed by atoms with E-state index in [-0.39, 0.29) is 25.4 Å². The molecule has 1 aromatic rings. The average molecular weight is 334 g/mol. The largest absolute Gasteiger partial charge is 0.388 e. The van der Waals surface area contributed by atoms with Crippen LogP contribution in [0.3, 0.4) is 0 Å². The molecule has 2 rings (SSSR count). The Balaban J connectivity index is 1.86. The number of hydrogen-bond donors (Lipinski definition) is 2. The van der Waals surface area contributed by atoms with Crippen LogP contribution in [0.2, 0.25) is 0 Å². The molecule has 0 spiro atoms. The number of aromatic nitrogens is 1. The Morgan fingerprint density at radius 2 is 2.29 bits per heavy atom. The summed E-state index contributed by atoms with van der Waals surface area (Å²) in [5, 5.41) is 10.6. The Labute approximate surface area is 142 Å². The molecule has 7 nitrogen and oxygen atoms in total. The minimum atomic E-state index is -1.01. The maximum absolute atomic E-state index is 12.5. The molecule has 2 heterocycles. The van der Waals surface area contributed by atoms with Gasteiger partial charge in [0.05, 0.1) is 12.1 Å². The second-order valence-electron chi connectivity index (χ2n) is 6.64. The highest BCUT2D eigenvalue weighted by Gasteiger charge is 2.35. The third-order valence-electron chi connectivity index (χ3n) is 4.33. The fourth-order valence-corrected chi connectivity index (χ4v) is 3.08. The number of rotatable bonds is 7. The SMILES string of the molecule is CN(CC(=O)N1CCC[C@](O)(CCC(N)=O)C1)Cc1cccnc1. The van der Waals surface area contributed by atoms with Gasteiger partial charge in [0.1, 0.15) is 0 Å². The van der Waals surface area contributed by atoms with Crippen molar-refractivity contribution >= 4 is 11.8 Å². The van der Waals surface area contributed by atoms with E-state index in [9.17, 15) is 14.7 Å². The van der Waals surface area contributed by atoms with Gasteiger partial charge in [-0.15, -0.1) is 0 Å². The van der Waals surface area contributed by atoms with Crippen LogP contribution in [-0.4, -0.2) is 64.0 Å². The van der Waals surface area contributed by atoms with Crippen molar-refractivity contribution in [3.05, 3.63) is 30.1 Å². The van der Waals surface area contributed by atoms with Crippen molar-refractivity contribution < 1.29 is 14.7 Å². The summed E-state index contributed by atoms with van der Waals surface area (Å²) in [6, 6.07) is 3.84. The van der Waals surface area contributed by atoms with Gasteiger partial charge in [-0.2, -0.15) is 0 Å². The lowest BCUT2D eigenvalue weighted by Crippen LogP contribution is -2.52. The van der Waals surface area contributed by atoms with Crippen LogP contribution in [0.15, 0.2) is 24.5 Å². The van der Waals surface area contributed by atoms with Gasteiger partial charge in [0.2, 0.25) is 11.8 Å². The predicted octanol–water partition coefficient (Wildman–Crippen LogP) is 0.132. The van der Waals surface area contributed by atoms with Crippen LogP contribution in [0.25, 0.3) is 0 Å². The van der Waals surface area contributed by atoms with E-state index < -0.39 is 11.5 Å². The molecule has 1 fully saturated rings. The monoisotopic (exact) mass is 334 g/mol. The van der Waals surface area contributed by atoms with Crippen LogP contribution >= 0.6 is 0 Å². The molecule has 0 radical (unpaired) electrons. The summed E-state index contributed by atoms with van der Waals surface area (Å²) in [6.45, 7) is 1.82. The van der Waals surface area contributed by atoms with Crippen LogP contribution in [0.5, 0.6) is 0 Å². The smallest absolute Gasteiger partial charge is 0.236 e. The summed E-state index contributed by atoms with van der Waals surface area (Å²) in [5.41, 5.74) is 5.20. The zero-order valence-corrected chi connectivity index (χ0v) is 14.1. The van der Waals surface area contributed by atoms with E-state index in [4.69, 9.17) is 5.73 Å². The first-order valence-corrected chi connectivity index (χ1v) is 8.24. The second-order valence-corrected chi connectivity index (χ2v) is 6.64. The summed E-state index contributed by atoms with van der Waals surface area (Å²) in [5.74, 6) is -0.443. The Kier molecular flexibility index (Phi) is 6.28. The van der Waals surface area contributed by atoms with E-state index in [1.165, 1.54) is 0 Å². The van der Waals surface area contributed by atoms with Gasteiger partial charge in [0.25, 0.3) is 0 Å². The topological polar surface area (TPSA) is 99.8 Å². The zero-order chi connectivity index (χ0) is 17.6. The fraction of sp³-hybridized carbons (Fsp3) is 0.588. The number of carbonyl (C=O) groups excluding carboxylic acids is 2. The van der Waals surface area contributed by atoms with Crippen molar-refractivity contribution in [3.8, 4) is 0 Å². The number of aliphatic hydroxyl groups is 1. The third-order valence-corrected chi connectivity index (χ3v) is 4.33. The first kappa shape index (κ1) is 18.4. The molecule has 2 amide bonds. The molecule has 0 aliphatic carbocycles. The Hall–Kier alpha value is -1.99. The highest BCUT2D eigenvalue weighted by Crippen LogP contribution is 2.25. The van der Waals surface area contributed by atoms with Gasteiger partial charge in [0, 0.05) is 38.4 Å². The average Bonchev–Trinajstić information content (AvgIpc) is 2.54. The van der Waals surface area contributed by atoms with Crippen LogP contribution in [0, 0.1) is 0 Å². The van der Waals surface area contributed by atoms with Gasteiger partial charge in [-0.1, -0.05) is 6.07 Å². The fourth-order valence-electron chi connectivity index (χ4n) is 3.08. The Morgan fingerprint density at radius 3 is 2.96 bits per heavy atom. The molecule has 0 saturated carbocycles. The molecule has 1 aliphatic rings. The van der Waals surface area contributed by atoms with Crippen molar-refractivity contribution in [1.29, 1.82) is 0 Å². The molecule has 1 atom stereocenters. The molecule has 24 heavy (non-hydrogen) atoms. The number of β-amino-alcohol motifs (C(OH)–C–C–N with tert-alkyl or cyclic N) is 1. The lowest BCUT2D eigenvalue weighted by molar-refractivity contribution is -0.140. The maximum Gasteiger partial charge on any atom is 0.236 e. The van der Waals surface area contributed by atoms with Gasteiger partial charge in [0.15, 0.2) is 0 Å². The molecular weight excluding hydrogens is 308 g/mol. The summed E-state index contributed by atoms with van der Waals surface area (Å²) in [6.07, 6.45) is 5.26. The molecule has 7 heteroatoms. The first-order valence-electron chi connectivity index (χ1n) is 8.24. The number of hydrogen-bond acceptors (Lipinski definition) is 5. The number of primary amides is 1. The van der Waals surface area contributed by atoms with Crippen molar-refractivity contribution in [2.24, 2.45) is 5.73 Å². The normalized spacial score (nSPS) is 21.0. The van der Waals surface area contributed by atoms with Gasteiger partial charge in [-0.25, -0.2) is 0 Å². The van der Waals surface area contributed by atoms with Gasteiger partial charge >= 0.3 is 0 Å². The van der Waals surface area contributed by atoms with Crippen molar-refractivity contribution in [2.45, 2.75) is 37.8 Å². The summed E-state index contributed by atoms with van der Waals surface area (Å²) >= 11 is 0. The number of carbonyl (C=O) groups is 2. The van der Waals surface area contributed by atoms with Crippen LogP contribution < -0.4 is 5.73 Å². The molecule has 132 valence electrons. The van der Waals surface area contributed by atoms with Gasteiger partial charge in [-0.05, 0) is 37.9 Å². The summed E-state index contributed by atoms with van der Waals surface area (Å²) in [4.78, 5) is 31.1. The summed E-state index contributed by atoms with van der Waals surface area (Å²) in [7, 11) is 1.88.